The van der Waals surface area contributed by atoms with Gasteiger partial charge in [0.25, 0.3) is 11.4 Å². The van der Waals surface area contributed by atoms with E-state index in [1.54, 1.807) is 24.3 Å². The molecule has 0 radical (unpaired) electrons. The van der Waals surface area contributed by atoms with Crippen molar-refractivity contribution in [1.29, 1.82) is 0 Å². The lowest BCUT2D eigenvalue weighted by molar-refractivity contribution is -0.385. The van der Waals surface area contributed by atoms with Gasteiger partial charge in [-0.15, -0.1) is 10.2 Å². The van der Waals surface area contributed by atoms with Gasteiger partial charge in [0.15, 0.2) is 11.6 Å². The number of hydrazone groups is 2. The van der Waals surface area contributed by atoms with Gasteiger partial charge in [0.05, 0.1) is 43.4 Å². The molecule has 4 aromatic rings. The van der Waals surface area contributed by atoms with Crippen LogP contribution in [0.25, 0.3) is 10.8 Å². The van der Waals surface area contributed by atoms with Crippen LogP contribution in [-0.2, 0) is 0 Å². The second-order valence-electron chi connectivity index (χ2n) is 7.04. The highest BCUT2D eigenvalue weighted by atomic mass is 35.5. The maximum atomic E-state index is 11.3. The number of benzene rings is 3. The van der Waals surface area contributed by atoms with Gasteiger partial charge in [0, 0.05) is 22.9 Å². The molecular weight excluding hydrogens is 511 g/mol. The fraction of sp³-hybridized carbons (Fsp3) is 0. The predicted molar refractivity (Wildman–Crippen MR) is 138 cm³/mol. The zero-order valence-corrected chi connectivity index (χ0v) is 19.5. The summed E-state index contributed by atoms with van der Waals surface area (Å²) in [6, 6.07) is 15.7. The van der Waals surface area contributed by atoms with Gasteiger partial charge < -0.3 is 0 Å². The molecule has 1 aromatic heterocycles. The van der Waals surface area contributed by atoms with Gasteiger partial charge in [0.2, 0.25) is 0 Å². The van der Waals surface area contributed by atoms with E-state index in [-0.39, 0.29) is 44.2 Å². The molecule has 1 heterocycles. The molecule has 0 bridgehead atoms. The second kappa shape index (κ2) is 10.7. The average molecular weight is 525 g/mol. The monoisotopic (exact) mass is 524 g/mol. The van der Waals surface area contributed by atoms with E-state index in [1.165, 1.54) is 48.8 Å². The Bertz CT molecular complexity index is 1430. The number of rotatable bonds is 8. The van der Waals surface area contributed by atoms with E-state index in [9.17, 15) is 20.2 Å². The maximum absolute atomic E-state index is 11.3. The van der Waals surface area contributed by atoms with Crippen molar-refractivity contribution < 1.29 is 9.85 Å². The highest BCUT2D eigenvalue weighted by Gasteiger charge is 2.16. The predicted octanol–water partition coefficient (Wildman–Crippen LogP) is 5.65. The molecule has 0 saturated heterocycles. The summed E-state index contributed by atoms with van der Waals surface area (Å²) in [5.74, 6) is 0.542. The molecule has 0 unspecified atom stereocenters. The molecule has 0 amide bonds. The Morgan fingerprint density at radius 2 is 1.11 bits per heavy atom. The van der Waals surface area contributed by atoms with Gasteiger partial charge in [-0.3, -0.25) is 31.1 Å². The van der Waals surface area contributed by atoms with Crippen molar-refractivity contribution in [3.8, 4) is 0 Å². The van der Waals surface area contributed by atoms with Crippen molar-refractivity contribution in [2.45, 2.75) is 0 Å². The van der Waals surface area contributed by atoms with Crippen LogP contribution in [0.3, 0.4) is 0 Å². The zero-order valence-electron chi connectivity index (χ0n) is 18.0. The fourth-order valence-electron chi connectivity index (χ4n) is 3.21. The van der Waals surface area contributed by atoms with Gasteiger partial charge in [-0.2, -0.15) is 10.2 Å². The molecule has 0 fully saturated rings. The Labute approximate surface area is 212 Å². The number of nitrogens with one attached hydrogen (secondary N) is 2. The second-order valence-corrected chi connectivity index (χ2v) is 7.86. The minimum Gasteiger partial charge on any atom is -0.259 e. The molecule has 0 aliphatic heterocycles. The lowest BCUT2D eigenvalue weighted by atomic mass is 10.2. The van der Waals surface area contributed by atoms with Gasteiger partial charge in [0.1, 0.15) is 0 Å². The summed E-state index contributed by atoms with van der Waals surface area (Å²) in [6.45, 7) is 0. The van der Waals surface area contributed by atoms with Crippen molar-refractivity contribution in [2.75, 3.05) is 10.9 Å². The summed E-state index contributed by atoms with van der Waals surface area (Å²) >= 11 is 12.2. The van der Waals surface area contributed by atoms with Crippen molar-refractivity contribution >= 4 is 69.4 Å². The molecule has 180 valence electrons. The average Bonchev–Trinajstić information content (AvgIpc) is 2.86. The molecular formula is C22H14Cl2N8O4. The lowest BCUT2D eigenvalue weighted by Crippen LogP contribution is -2.03. The van der Waals surface area contributed by atoms with Gasteiger partial charge >= 0.3 is 0 Å². The van der Waals surface area contributed by atoms with Crippen LogP contribution in [0.15, 0.2) is 70.9 Å². The van der Waals surface area contributed by atoms with Gasteiger partial charge in [-0.05, 0) is 12.1 Å². The smallest absolute Gasteiger partial charge is 0.259 e. The van der Waals surface area contributed by atoms with E-state index in [1.807, 2.05) is 0 Å². The number of halogens is 2. The number of hydrogen-bond acceptors (Lipinski definition) is 10. The number of aromatic nitrogens is 2. The van der Waals surface area contributed by atoms with Crippen LogP contribution in [0, 0.1) is 20.2 Å². The van der Waals surface area contributed by atoms with Crippen LogP contribution in [-0.4, -0.2) is 32.5 Å². The Hall–Kier alpha value is -4.68. The van der Waals surface area contributed by atoms with E-state index in [0.717, 1.165) is 0 Å². The van der Waals surface area contributed by atoms with E-state index in [4.69, 9.17) is 23.2 Å². The quantitative estimate of drug-likeness (QED) is 0.170. The summed E-state index contributed by atoms with van der Waals surface area (Å²) < 4.78 is 0. The van der Waals surface area contributed by atoms with Crippen molar-refractivity contribution in [1.82, 2.24) is 10.2 Å². The van der Waals surface area contributed by atoms with Crippen LogP contribution in [0.1, 0.15) is 11.1 Å². The highest BCUT2D eigenvalue weighted by molar-refractivity contribution is 6.34. The van der Waals surface area contributed by atoms with E-state index >= 15 is 0 Å². The van der Waals surface area contributed by atoms with Crippen LogP contribution >= 0.6 is 23.2 Å². The van der Waals surface area contributed by atoms with E-state index in [0.29, 0.717) is 10.8 Å². The Balaban J connectivity index is 1.60. The molecule has 36 heavy (non-hydrogen) atoms. The molecule has 0 atom stereocenters. The van der Waals surface area contributed by atoms with Crippen LogP contribution in [0.4, 0.5) is 23.0 Å². The van der Waals surface area contributed by atoms with E-state index in [2.05, 4.69) is 31.3 Å². The van der Waals surface area contributed by atoms with Gasteiger partial charge in [-0.1, -0.05) is 59.6 Å². The Morgan fingerprint density at radius 3 is 1.50 bits per heavy atom. The maximum Gasteiger partial charge on any atom is 0.279 e. The lowest BCUT2D eigenvalue weighted by Gasteiger charge is -2.08. The molecule has 2 N–H and O–H groups in total. The number of nitro groups is 2. The van der Waals surface area contributed by atoms with Crippen LogP contribution < -0.4 is 10.9 Å². The third-order valence-electron chi connectivity index (χ3n) is 4.87. The van der Waals surface area contributed by atoms with Gasteiger partial charge in [-0.25, -0.2) is 0 Å². The first kappa shape index (κ1) is 24.4. The minimum absolute atomic E-state index is 0.134. The Morgan fingerprint density at radius 1 is 0.694 bits per heavy atom. The largest absolute Gasteiger partial charge is 0.279 e. The summed E-state index contributed by atoms with van der Waals surface area (Å²) in [4.78, 5) is 21.4. The fourth-order valence-corrected chi connectivity index (χ4v) is 3.65. The van der Waals surface area contributed by atoms with Crippen molar-refractivity contribution in [3.63, 3.8) is 0 Å². The molecule has 0 spiro atoms. The summed E-state index contributed by atoms with van der Waals surface area (Å²) in [7, 11) is 0. The van der Waals surface area contributed by atoms with Crippen LogP contribution in [0.5, 0.6) is 0 Å². The third kappa shape index (κ3) is 5.19. The first-order valence-electron chi connectivity index (χ1n) is 10.1. The number of fused-ring (bicyclic) bond motifs is 1. The van der Waals surface area contributed by atoms with Crippen LogP contribution in [0.2, 0.25) is 10.0 Å². The topological polar surface area (TPSA) is 161 Å². The van der Waals surface area contributed by atoms with Crippen molar-refractivity contribution in [3.05, 3.63) is 102 Å². The molecule has 0 aliphatic rings. The summed E-state index contributed by atoms with van der Waals surface area (Å²) in [5.41, 5.74) is 5.32. The number of hydrogen-bond donors (Lipinski definition) is 2. The summed E-state index contributed by atoms with van der Waals surface area (Å²) in [5, 5.41) is 40.3. The van der Waals surface area contributed by atoms with Crippen molar-refractivity contribution in [2.24, 2.45) is 10.2 Å². The highest BCUT2D eigenvalue weighted by Crippen LogP contribution is 2.28. The molecule has 0 aliphatic carbocycles. The molecule has 14 heteroatoms. The third-order valence-corrected chi connectivity index (χ3v) is 5.53. The molecule has 12 nitrogen and oxygen atoms in total. The molecule has 0 saturated carbocycles. The zero-order chi connectivity index (χ0) is 25.7. The number of nitro benzene ring substituents is 2. The standard InChI is InChI=1S/C22H14Cl2N8O4/c23-17-7-3-9-19(31(33)34)15(17)11-25-27-21-13-5-1-2-6-14(13)22(30-29-21)28-26-12-16-18(24)8-4-10-20(16)32(35)36/h1-12H,(H,27,29)(H,28,30)/b25-11+,26-12+. The number of anilines is 2. The first-order valence-corrected chi connectivity index (χ1v) is 10.8. The normalized spacial score (nSPS) is 11.3. The minimum atomic E-state index is -0.555. The van der Waals surface area contributed by atoms with E-state index < -0.39 is 9.85 Å². The SMILES string of the molecule is O=[N+]([O-])c1cccc(Cl)c1/C=N/Nc1nnc(N/N=C/c2c(Cl)cccc2[N+](=O)[O-])c2ccccc12. The summed E-state index contributed by atoms with van der Waals surface area (Å²) in [6.07, 6.45) is 2.45. The number of nitrogens with zero attached hydrogens (tertiary/aromatic N) is 6. The Kier molecular flexibility index (Phi) is 7.28. The first-order chi connectivity index (χ1) is 17.4. The molecule has 3 aromatic carbocycles. The molecule has 4 rings (SSSR count).